The van der Waals surface area contributed by atoms with Crippen molar-refractivity contribution >= 4 is 38.1 Å². The van der Waals surface area contributed by atoms with Crippen molar-refractivity contribution in [3.05, 3.63) is 205 Å². The van der Waals surface area contributed by atoms with Crippen molar-refractivity contribution in [1.29, 1.82) is 0 Å². The van der Waals surface area contributed by atoms with Gasteiger partial charge in [0.15, 0.2) is 5.78 Å². The number of carbonyl (C=O) groups excluding carboxylic acids is 1. The zero-order valence-electron chi connectivity index (χ0n) is 37.4. The topological polar surface area (TPSA) is 55.1 Å². The molecule has 2 aromatic heterocycles. The van der Waals surface area contributed by atoms with Crippen molar-refractivity contribution in [3.8, 4) is 39.5 Å². The van der Waals surface area contributed by atoms with Crippen molar-refractivity contribution in [2.24, 2.45) is 0 Å². The van der Waals surface area contributed by atoms with Crippen LogP contribution < -0.4 is 0 Å². The maximum atomic E-state index is 10.0. The van der Waals surface area contributed by atoms with Crippen molar-refractivity contribution < 1.29 is 30.0 Å². The van der Waals surface area contributed by atoms with Crippen LogP contribution in [-0.2, 0) is 35.7 Å². The number of allylic oxidation sites excluding steroid dienone is 2. The third-order valence-electron chi connectivity index (χ3n) is 10.8. The fourth-order valence-corrected chi connectivity index (χ4v) is 8.47. The molecule has 4 nitrogen and oxygen atoms in total. The Hall–Kier alpha value is -6.39. The monoisotopic (exact) mass is 1000 g/mol. The molecule has 0 saturated carbocycles. The molecule has 2 heterocycles. The maximum Gasteiger partial charge on any atom is 0.155 e. The molecule has 9 rings (SSSR count). The van der Waals surface area contributed by atoms with E-state index in [0.29, 0.717) is 0 Å². The number of aliphatic hydroxyl groups is 1. The average Bonchev–Trinajstić information content (AvgIpc) is 3.71. The molecule has 0 aliphatic heterocycles. The Morgan fingerprint density at radius 2 is 1.06 bits per heavy atom. The molecule has 9 aromatic rings. The van der Waals surface area contributed by atoms with Gasteiger partial charge in [0.2, 0.25) is 0 Å². The van der Waals surface area contributed by atoms with E-state index in [0.717, 1.165) is 11.3 Å². The molecule has 0 atom stereocenters. The molecule has 1 radical (unpaired) electrons. The molecule has 7 aromatic carbocycles. The summed E-state index contributed by atoms with van der Waals surface area (Å²) in [6.07, 6.45) is 3.01. The van der Waals surface area contributed by atoms with Crippen LogP contribution in [0.25, 0.3) is 71.8 Å². The summed E-state index contributed by atoms with van der Waals surface area (Å²) in [4.78, 5) is 14.5. The standard InChI is InChI=1S/C38H37N.C15H10N.C5H8O2.Ir/c1-37(2,3)35-29-19-13-14-20-30(29)36(38(4,5)6)32-25-28(21-22-31(32)35)39-33(26-15-9-7-10-16-26)23-24-34(39)27-17-11-8-12-18-27;1-2-7-13(8-3-1)15-14-9-5-4-6-12(14)10-11-16-15;1-4(6)3-5(2)7;/h7-25H,1-6H3;1-7,9-11H;3,6H,1-2H3;/q;-1;;. The van der Waals surface area contributed by atoms with Crippen LogP contribution in [0.4, 0.5) is 0 Å². The summed E-state index contributed by atoms with van der Waals surface area (Å²) in [5, 5.41) is 16.2. The molecule has 0 aliphatic carbocycles. The van der Waals surface area contributed by atoms with Gasteiger partial charge in [-0.25, -0.2) is 0 Å². The normalized spacial score (nSPS) is 11.6. The first kappa shape index (κ1) is 46.1. The predicted octanol–water partition coefficient (Wildman–Crippen LogP) is 15.4. The van der Waals surface area contributed by atoms with Crippen molar-refractivity contribution in [2.45, 2.75) is 66.2 Å². The third-order valence-corrected chi connectivity index (χ3v) is 10.8. The van der Waals surface area contributed by atoms with Crippen molar-refractivity contribution in [2.75, 3.05) is 0 Å². The summed E-state index contributed by atoms with van der Waals surface area (Å²) < 4.78 is 2.43. The average molecular weight is 1000 g/mol. The van der Waals surface area contributed by atoms with Crippen LogP contribution in [0.15, 0.2) is 188 Å². The zero-order valence-corrected chi connectivity index (χ0v) is 39.8. The summed E-state index contributed by atoms with van der Waals surface area (Å²) in [5.74, 6) is -0.0625. The summed E-state index contributed by atoms with van der Waals surface area (Å²) >= 11 is 0. The number of aliphatic hydroxyl groups excluding tert-OH is 1. The molecular weight excluding hydrogens is 949 g/mol. The second kappa shape index (κ2) is 19.8. The Kier molecular flexibility index (Phi) is 14.5. The van der Waals surface area contributed by atoms with E-state index in [-0.39, 0.29) is 42.5 Å². The molecule has 319 valence electrons. The van der Waals surface area contributed by atoms with Crippen molar-refractivity contribution in [3.63, 3.8) is 0 Å². The molecular formula is C58H55IrN2O2-. The van der Waals surface area contributed by atoms with E-state index in [9.17, 15) is 4.79 Å². The van der Waals surface area contributed by atoms with Crippen LogP contribution >= 0.6 is 0 Å². The Morgan fingerprint density at radius 1 is 0.571 bits per heavy atom. The Balaban J connectivity index is 0.000000226. The number of aromatic nitrogens is 2. The second-order valence-electron chi connectivity index (χ2n) is 17.8. The molecule has 0 bridgehead atoms. The number of hydrogen-bond acceptors (Lipinski definition) is 3. The second-order valence-corrected chi connectivity index (χ2v) is 17.8. The van der Waals surface area contributed by atoms with Gasteiger partial charge in [0.1, 0.15) is 0 Å². The fourth-order valence-electron chi connectivity index (χ4n) is 8.47. The number of pyridine rings is 1. The molecule has 0 aliphatic rings. The SMILES string of the molecule is CC(=O)C=C(C)O.CC(C)(C)c1c2ccccc2c(C(C)(C)C)c2cc(-n3c(-c4ccccc4)ccc3-c3ccccc3)ccc12.[Ir].[c-]1ccccc1-c1nccc2ccccc12. The number of carbonyl (C=O) groups is 1. The summed E-state index contributed by atoms with van der Waals surface area (Å²) in [6, 6.07) is 63.5. The van der Waals surface area contributed by atoms with Gasteiger partial charge in [-0.3, -0.25) is 4.79 Å². The molecule has 0 unspecified atom stereocenters. The summed E-state index contributed by atoms with van der Waals surface area (Å²) in [5.41, 5.74) is 10.9. The van der Waals surface area contributed by atoms with Gasteiger partial charge >= 0.3 is 0 Å². The van der Waals surface area contributed by atoms with E-state index >= 15 is 0 Å². The number of ketones is 1. The van der Waals surface area contributed by atoms with Crippen LogP contribution in [0.1, 0.15) is 66.5 Å². The Labute approximate surface area is 386 Å². The molecule has 5 heteroatoms. The quantitative estimate of drug-likeness (QED) is 0.0809. The molecule has 0 fully saturated rings. The smallest absolute Gasteiger partial charge is 0.155 e. The Morgan fingerprint density at radius 3 is 1.56 bits per heavy atom. The molecule has 63 heavy (non-hydrogen) atoms. The predicted molar refractivity (Wildman–Crippen MR) is 262 cm³/mol. The van der Waals surface area contributed by atoms with E-state index in [1.165, 1.54) is 91.6 Å². The first-order valence-electron chi connectivity index (χ1n) is 21.2. The third kappa shape index (κ3) is 10.5. The number of fused-ring (bicyclic) bond motifs is 3. The van der Waals surface area contributed by atoms with E-state index in [1.54, 1.807) is 0 Å². The minimum absolute atomic E-state index is 0. The van der Waals surface area contributed by atoms with E-state index in [1.807, 2.05) is 48.7 Å². The van der Waals surface area contributed by atoms with Gasteiger partial charge in [0.05, 0.1) is 17.1 Å². The van der Waals surface area contributed by atoms with Gasteiger partial charge in [-0.1, -0.05) is 157 Å². The largest absolute Gasteiger partial charge is 0.512 e. The van der Waals surface area contributed by atoms with E-state index < -0.39 is 0 Å². The van der Waals surface area contributed by atoms with Crippen LogP contribution in [0, 0.1) is 6.07 Å². The number of nitrogens with zero attached hydrogens (tertiary/aromatic N) is 2. The summed E-state index contributed by atoms with van der Waals surface area (Å²) in [6.45, 7) is 16.9. The number of hydrogen-bond donors (Lipinski definition) is 1. The molecule has 0 amide bonds. The first-order chi connectivity index (χ1) is 29.7. The Bertz CT molecular complexity index is 2940. The van der Waals surface area contributed by atoms with Gasteiger partial charge in [-0.2, -0.15) is 0 Å². The first-order valence-corrected chi connectivity index (χ1v) is 21.2. The van der Waals surface area contributed by atoms with Gasteiger partial charge in [-0.05, 0) is 115 Å². The molecule has 0 saturated heterocycles. The van der Waals surface area contributed by atoms with E-state index in [4.69, 9.17) is 5.11 Å². The fraction of sp³-hybridized carbons (Fsp3) is 0.172. The molecule has 0 spiro atoms. The van der Waals surface area contributed by atoms with Crippen LogP contribution in [0.2, 0.25) is 0 Å². The van der Waals surface area contributed by atoms with E-state index in [2.05, 4.69) is 185 Å². The van der Waals surface area contributed by atoms with Gasteiger partial charge in [-0.15, -0.1) is 35.9 Å². The molecule has 1 N–H and O–H groups in total. The zero-order chi connectivity index (χ0) is 44.0. The maximum absolute atomic E-state index is 10.0. The van der Waals surface area contributed by atoms with Crippen LogP contribution in [-0.4, -0.2) is 20.4 Å². The van der Waals surface area contributed by atoms with Crippen LogP contribution in [0.3, 0.4) is 0 Å². The minimum Gasteiger partial charge on any atom is -0.512 e. The number of benzene rings is 7. The van der Waals surface area contributed by atoms with Gasteiger partial charge < -0.3 is 14.7 Å². The minimum atomic E-state index is -0.125. The number of rotatable bonds is 5. The van der Waals surface area contributed by atoms with Crippen LogP contribution in [0.5, 0.6) is 0 Å². The van der Waals surface area contributed by atoms with Gasteiger partial charge in [0, 0.05) is 38.1 Å². The summed E-state index contributed by atoms with van der Waals surface area (Å²) in [7, 11) is 0. The van der Waals surface area contributed by atoms with Gasteiger partial charge in [0.25, 0.3) is 0 Å². The van der Waals surface area contributed by atoms with Crippen molar-refractivity contribution in [1.82, 2.24) is 9.55 Å².